The summed E-state index contributed by atoms with van der Waals surface area (Å²) in [5, 5.41) is 0. The minimum atomic E-state index is -2.37. The van der Waals surface area contributed by atoms with Gasteiger partial charge in [-0.05, 0) is 38.0 Å². The van der Waals surface area contributed by atoms with Crippen molar-refractivity contribution in [2.24, 2.45) is 0 Å². The molecule has 0 radical (unpaired) electrons. The van der Waals surface area contributed by atoms with E-state index >= 15 is 0 Å². The van der Waals surface area contributed by atoms with Gasteiger partial charge in [-0.3, -0.25) is 0 Å². The smallest absolute Gasteiger partial charge is 0.374 e. The van der Waals surface area contributed by atoms with Crippen LogP contribution >= 0.6 is 22.6 Å². The lowest BCUT2D eigenvalue weighted by molar-refractivity contribution is 0.0706. The van der Waals surface area contributed by atoms with Crippen molar-refractivity contribution in [2.75, 3.05) is 24.2 Å². The van der Waals surface area contributed by atoms with Crippen LogP contribution in [0.4, 0.5) is 0 Å². The van der Waals surface area contributed by atoms with Crippen molar-refractivity contribution in [3.05, 3.63) is 0 Å². The zero-order valence-corrected chi connectivity index (χ0v) is 15.3. The molecule has 0 spiro atoms. The zero-order valence-electron chi connectivity index (χ0n) is 12.2. The lowest BCUT2D eigenvalue weighted by Gasteiger charge is -2.28. The van der Waals surface area contributed by atoms with Gasteiger partial charge in [0.2, 0.25) is 0 Å². The number of hydrogen-bond donors (Lipinski definition) is 0. The molecule has 3 nitrogen and oxygen atoms in total. The molecule has 0 aromatic rings. The Morgan fingerprint density at radius 1 is 0.722 bits per heavy atom. The van der Waals surface area contributed by atoms with Gasteiger partial charge in [0.25, 0.3) is 0 Å². The van der Waals surface area contributed by atoms with Crippen LogP contribution in [0.1, 0.15) is 52.9 Å². The average molecular weight is 388 g/mol. The molecule has 0 aliphatic heterocycles. The summed E-state index contributed by atoms with van der Waals surface area (Å²) in [6.45, 7) is 8.09. The van der Waals surface area contributed by atoms with Gasteiger partial charge in [-0.2, -0.15) is 0 Å². The molecular weight excluding hydrogens is 359 g/mol. The fourth-order valence-corrected chi connectivity index (χ4v) is 5.19. The molecule has 0 saturated heterocycles. The second-order valence-electron chi connectivity index (χ2n) is 4.19. The van der Waals surface area contributed by atoms with Gasteiger partial charge in [0.1, 0.15) is 0 Å². The van der Waals surface area contributed by atoms with Gasteiger partial charge >= 0.3 is 8.80 Å². The SMILES string of the molecule is CCO[Si](CCCCCCCI)(OCC)OCC. The summed E-state index contributed by atoms with van der Waals surface area (Å²) >= 11 is 2.44. The molecule has 18 heavy (non-hydrogen) atoms. The molecule has 0 fully saturated rings. The van der Waals surface area contributed by atoms with E-state index in [0.717, 1.165) is 12.5 Å². The summed E-state index contributed by atoms with van der Waals surface area (Å²) in [5.74, 6) is 0. The van der Waals surface area contributed by atoms with Crippen molar-refractivity contribution < 1.29 is 13.3 Å². The Balaban J connectivity index is 3.97. The van der Waals surface area contributed by atoms with E-state index in [4.69, 9.17) is 13.3 Å². The van der Waals surface area contributed by atoms with Crippen LogP contribution in [-0.2, 0) is 13.3 Å². The quantitative estimate of drug-likeness (QED) is 0.202. The molecule has 0 aromatic carbocycles. The van der Waals surface area contributed by atoms with E-state index in [1.165, 1.54) is 30.1 Å². The van der Waals surface area contributed by atoms with Crippen molar-refractivity contribution in [3.8, 4) is 0 Å². The van der Waals surface area contributed by atoms with Crippen molar-refractivity contribution in [3.63, 3.8) is 0 Å². The number of rotatable bonds is 13. The maximum Gasteiger partial charge on any atom is 0.500 e. The van der Waals surface area contributed by atoms with Crippen LogP contribution < -0.4 is 0 Å². The molecule has 0 unspecified atom stereocenters. The van der Waals surface area contributed by atoms with Crippen LogP contribution in [0.5, 0.6) is 0 Å². The highest BCUT2D eigenvalue weighted by Gasteiger charge is 2.39. The topological polar surface area (TPSA) is 27.7 Å². The minimum absolute atomic E-state index is 0.682. The third-order valence-electron chi connectivity index (χ3n) is 2.71. The van der Waals surface area contributed by atoms with Gasteiger partial charge in [-0.15, -0.1) is 0 Å². The number of halogens is 1. The van der Waals surface area contributed by atoms with E-state index in [-0.39, 0.29) is 0 Å². The number of hydrogen-bond acceptors (Lipinski definition) is 3. The molecule has 0 aliphatic carbocycles. The summed E-state index contributed by atoms with van der Waals surface area (Å²) in [6, 6.07) is 0.965. The van der Waals surface area contributed by atoms with Crippen molar-refractivity contribution in [1.82, 2.24) is 0 Å². The molecule has 0 N–H and O–H groups in total. The van der Waals surface area contributed by atoms with Crippen LogP contribution in [0, 0.1) is 0 Å². The minimum Gasteiger partial charge on any atom is -0.374 e. The van der Waals surface area contributed by atoms with E-state index in [1.54, 1.807) is 0 Å². The van der Waals surface area contributed by atoms with E-state index in [2.05, 4.69) is 22.6 Å². The van der Waals surface area contributed by atoms with E-state index < -0.39 is 8.80 Å². The normalized spacial score (nSPS) is 12.0. The average Bonchev–Trinajstić information content (AvgIpc) is 2.35. The zero-order chi connectivity index (χ0) is 13.7. The molecule has 0 aromatic heterocycles. The summed E-state index contributed by atoms with van der Waals surface area (Å²) in [7, 11) is -2.37. The Hall–Kier alpha value is 0.827. The van der Waals surface area contributed by atoms with Gasteiger partial charge in [0.15, 0.2) is 0 Å². The molecule has 0 saturated carbocycles. The third kappa shape index (κ3) is 8.85. The van der Waals surface area contributed by atoms with Crippen molar-refractivity contribution in [1.29, 1.82) is 0 Å². The van der Waals surface area contributed by atoms with Crippen molar-refractivity contribution in [2.45, 2.75) is 58.9 Å². The molecule has 0 aliphatic rings. The van der Waals surface area contributed by atoms with Gasteiger partial charge in [0.05, 0.1) is 0 Å². The maximum absolute atomic E-state index is 5.83. The van der Waals surface area contributed by atoms with Crippen LogP contribution in [0.3, 0.4) is 0 Å². The molecule has 0 atom stereocenters. The first kappa shape index (κ1) is 18.8. The highest BCUT2D eigenvalue weighted by atomic mass is 127. The van der Waals surface area contributed by atoms with Crippen LogP contribution in [0.2, 0.25) is 6.04 Å². The Morgan fingerprint density at radius 3 is 1.61 bits per heavy atom. The maximum atomic E-state index is 5.83. The molecule has 110 valence electrons. The molecular formula is C13H29IO3Si. The van der Waals surface area contributed by atoms with Gasteiger partial charge in [-0.25, -0.2) is 0 Å². The van der Waals surface area contributed by atoms with Crippen LogP contribution in [0.15, 0.2) is 0 Å². The fraction of sp³-hybridized carbons (Fsp3) is 1.00. The molecule has 5 heteroatoms. The summed E-state index contributed by atoms with van der Waals surface area (Å²) in [5.41, 5.74) is 0. The second-order valence-corrected chi connectivity index (χ2v) is 8.00. The number of unbranched alkanes of at least 4 members (excludes halogenated alkanes) is 4. The van der Waals surface area contributed by atoms with Crippen LogP contribution in [-0.4, -0.2) is 33.1 Å². The Bertz CT molecular complexity index is 165. The first-order chi connectivity index (χ1) is 8.74. The lowest BCUT2D eigenvalue weighted by Crippen LogP contribution is -2.45. The Labute approximate surface area is 127 Å². The van der Waals surface area contributed by atoms with Crippen LogP contribution in [0.25, 0.3) is 0 Å². The summed E-state index contributed by atoms with van der Waals surface area (Å²) < 4.78 is 18.8. The van der Waals surface area contributed by atoms with Gasteiger partial charge in [0, 0.05) is 25.9 Å². The van der Waals surface area contributed by atoms with Crippen molar-refractivity contribution >= 4 is 31.4 Å². The molecule has 0 heterocycles. The predicted octanol–water partition coefficient (Wildman–Crippen LogP) is 4.42. The van der Waals surface area contributed by atoms with E-state index in [1.807, 2.05) is 20.8 Å². The van der Waals surface area contributed by atoms with Gasteiger partial charge in [-0.1, -0.05) is 41.9 Å². The number of alkyl halides is 1. The van der Waals surface area contributed by atoms with E-state index in [9.17, 15) is 0 Å². The van der Waals surface area contributed by atoms with Gasteiger partial charge < -0.3 is 13.3 Å². The molecule has 0 rings (SSSR count). The molecule has 0 amide bonds. The Kier molecular flexibility index (Phi) is 13.4. The third-order valence-corrected chi connectivity index (χ3v) is 6.62. The standard InChI is InChI=1S/C13H29IO3Si/c1-4-15-18(16-5-2,17-6-3)13-11-9-7-8-10-12-14/h4-13H2,1-3H3. The highest BCUT2D eigenvalue weighted by molar-refractivity contribution is 14.1. The fourth-order valence-electron chi connectivity index (χ4n) is 1.97. The monoisotopic (exact) mass is 388 g/mol. The largest absolute Gasteiger partial charge is 0.500 e. The second kappa shape index (κ2) is 12.8. The first-order valence-electron chi connectivity index (χ1n) is 7.22. The highest BCUT2D eigenvalue weighted by Crippen LogP contribution is 2.20. The predicted molar refractivity (Wildman–Crippen MR) is 87.4 cm³/mol. The lowest BCUT2D eigenvalue weighted by atomic mass is 10.2. The summed E-state index contributed by atoms with van der Waals surface area (Å²) in [6.07, 6.45) is 6.42. The summed E-state index contributed by atoms with van der Waals surface area (Å²) in [4.78, 5) is 0. The Morgan fingerprint density at radius 2 is 1.17 bits per heavy atom. The van der Waals surface area contributed by atoms with E-state index in [0.29, 0.717) is 19.8 Å². The molecule has 0 bridgehead atoms. The first-order valence-corrected chi connectivity index (χ1v) is 10.7.